The second kappa shape index (κ2) is 4.05. The van der Waals surface area contributed by atoms with Crippen LogP contribution in [-0.4, -0.2) is 0 Å². The third-order valence-electron chi connectivity index (χ3n) is 2.22. The van der Waals surface area contributed by atoms with Gasteiger partial charge < -0.3 is 10.5 Å². The molecule has 0 aliphatic rings. The first-order chi connectivity index (χ1) is 7.25. The Morgan fingerprint density at radius 3 is 2.33 bits per heavy atom. The number of ether oxygens (including phenoxy) is 1. The van der Waals surface area contributed by atoms with E-state index in [4.69, 9.17) is 10.5 Å². The summed E-state index contributed by atoms with van der Waals surface area (Å²) in [6, 6.07) is 15.3. The lowest BCUT2D eigenvalue weighted by molar-refractivity contribution is 0.482. The van der Waals surface area contributed by atoms with Crippen molar-refractivity contribution in [3.8, 4) is 11.5 Å². The topological polar surface area (TPSA) is 35.2 Å². The van der Waals surface area contributed by atoms with E-state index in [9.17, 15) is 0 Å². The summed E-state index contributed by atoms with van der Waals surface area (Å²) in [5.74, 6) is 1.65. The predicted octanol–water partition coefficient (Wildman–Crippen LogP) is 3.37. The van der Waals surface area contributed by atoms with Crippen molar-refractivity contribution in [1.29, 1.82) is 0 Å². The maximum Gasteiger partial charge on any atom is 0.127 e. The SMILES string of the molecule is Cc1cc(Oc2ccccc2)ccc1N. The van der Waals surface area contributed by atoms with E-state index in [2.05, 4.69) is 0 Å². The number of hydrogen-bond acceptors (Lipinski definition) is 2. The van der Waals surface area contributed by atoms with Crippen LogP contribution in [0.1, 0.15) is 5.56 Å². The van der Waals surface area contributed by atoms with Gasteiger partial charge in [-0.15, -0.1) is 0 Å². The molecular formula is C13H13NO. The minimum absolute atomic E-state index is 0.787. The fourth-order valence-electron chi connectivity index (χ4n) is 1.34. The molecule has 0 unspecified atom stereocenters. The zero-order valence-electron chi connectivity index (χ0n) is 8.60. The molecule has 2 N–H and O–H groups in total. The van der Waals surface area contributed by atoms with Gasteiger partial charge in [0, 0.05) is 5.69 Å². The molecule has 2 nitrogen and oxygen atoms in total. The van der Waals surface area contributed by atoms with Crippen molar-refractivity contribution in [2.24, 2.45) is 0 Å². The van der Waals surface area contributed by atoms with E-state index in [1.807, 2.05) is 55.5 Å². The Labute approximate surface area is 89.3 Å². The summed E-state index contributed by atoms with van der Waals surface area (Å²) in [5.41, 5.74) is 7.54. The minimum Gasteiger partial charge on any atom is -0.457 e. The quantitative estimate of drug-likeness (QED) is 0.752. The summed E-state index contributed by atoms with van der Waals surface area (Å²) in [4.78, 5) is 0. The Bertz CT molecular complexity index is 451. The van der Waals surface area contributed by atoms with Gasteiger partial charge in [-0.25, -0.2) is 0 Å². The summed E-state index contributed by atoms with van der Waals surface area (Å²) < 4.78 is 5.66. The van der Waals surface area contributed by atoms with Crippen LogP contribution in [0.4, 0.5) is 5.69 Å². The number of anilines is 1. The largest absolute Gasteiger partial charge is 0.457 e. The summed E-state index contributed by atoms with van der Waals surface area (Å²) in [7, 11) is 0. The van der Waals surface area contributed by atoms with E-state index in [0.717, 1.165) is 22.7 Å². The number of para-hydroxylation sites is 1. The molecule has 2 aromatic carbocycles. The van der Waals surface area contributed by atoms with Crippen molar-refractivity contribution >= 4 is 5.69 Å². The van der Waals surface area contributed by atoms with Gasteiger partial charge in [0.05, 0.1) is 0 Å². The maximum absolute atomic E-state index is 5.73. The highest BCUT2D eigenvalue weighted by molar-refractivity contribution is 5.50. The second-order valence-electron chi connectivity index (χ2n) is 3.43. The smallest absolute Gasteiger partial charge is 0.127 e. The molecule has 0 aromatic heterocycles. The number of rotatable bonds is 2. The molecular weight excluding hydrogens is 186 g/mol. The van der Waals surface area contributed by atoms with Crippen LogP contribution < -0.4 is 10.5 Å². The molecule has 0 fully saturated rings. The van der Waals surface area contributed by atoms with Crippen molar-refractivity contribution in [2.45, 2.75) is 6.92 Å². The Morgan fingerprint density at radius 2 is 1.67 bits per heavy atom. The van der Waals surface area contributed by atoms with Crippen LogP contribution in [0.25, 0.3) is 0 Å². The highest BCUT2D eigenvalue weighted by atomic mass is 16.5. The van der Waals surface area contributed by atoms with E-state index < -0.39 is 0 Å². The lowest BCUT2D eigenvalue weighted by atomic mass is 10.2. The molecule has 2 rings (SSSR count). The molecule has 2 heteroatoms. The van der Waals surface area contributed by atoms with Crippen molar-refractivity contribution < 1.29 is 4.74 Å². The molecule has 15 heavy (non-hydrogen) atoms. The monoisotopic (exact) mass is 199 g/mol. The molecule has 0 heterocycles. The van der Waals surface area contributed by atoms with Gasteiger partial charge >= 0.3 is 0 Å². The molecule has 0 radical (unpaired) electrons. The number of nitrogens with two attached hydrogens (primary N) is 1. The molecule has 2 aromatic rings. The van der Waals surface area contributed by atoms with Crippen LogP contribution >= 0.6 is 0 Å². The van der Waals surface area contributed by atoms with Crippen molar-refractivity contribution in [3.05, 3.63) is 54.1 Å². The van der Waals surface area contributed by atoms with Gasteiger partial charge in [-0.2, -0.15) is 0 Å². The maximum atomic E-state index is 5.73. The Hall–Kier alpha value is -1.96. The number of hydrogen-bond donors (Lipinski definition) is 1. The van der Waals surface area contributed by atoms with Gasteiger partial charge in [0.2, 0.25) is 0 Å². The lowest BCUT2D eigenvalue weighted by Gasteiger charge is -2.07. The highest BCUT2D eigenvalue weighted by Gasteiger charge is 1.98. The van der Waals surface area contributed by atoms with Crippen LogP contribution in [-0.2, 0) is 0 Å². The summed E-state index contributed by atoms with van der Waals surface area (Å²) in [5, 5.41) is 0. The van der Waals surface area contributed by atoms with Gasteiger partial charge in [-0.1, -0.05) is 18.2 Å². The first-order valence-electron chi connectivity index (χ1n) is 4.85. The summed E-state index contributed by atoms with van der Waals surface area (Å²) in [6.45, 7) is 1.97. The third-order valence-corrected chi connectivity index (χ3v) is 2.22. The highest BCUT2D eigenvalue weighted by Crippen LogP contribution is 2.24. The predicted molar refractivity (Wildman–Crippen MR) is 62.1 cm³/mol. The van der Waals surface area contributed by atoms with Gasteiger partial charge in [0.15, 0.2) is 0 Å². The fraction of sp³-hybridized carbons (Fsp3) is 0.0769. The normalized spacial score (nSPS) is 9.93. The first-order valence-corrected chi connectivity index (χ1v) is 4.85. The molecule has 0 aliphatic heterocycles. The second-order valence-corrected chi connectivity index (χ2v) is 3.43. The van der Waals surface area contributed by atoms with E-state index in [0.29, 0.717) is 0 Å². The Morgan fingerprint density at radius 1 is 0.933 bits per heavy atom. The molecule has 0 saturated heterocycles. The average Bonchev–Trinajstić information content (AvgIpc) is 2.25. The van der Waals surface area contributed by atoms with E-state index >= 15 is 0 Å². The van der Waals surface area contributed by atoms with E-state index in [-0.39, 0.29) is 0 Å². The molecule has 0 atom stereocenters. The van der Waals surface area contributed by atoms with E-state index in [1.54, 1.807) is 0 Å². The lowest BCUT2D eigenvalue weighted by Crippen LogP contribution is -1.90. The number of benzene rings is 2. The van der Waals surface area contributed by atoms with Crippen molar-refractivity contribution in [2.75, 3.05) is 5.73 Å². The number of nitrogen functional groups attached to an aromatic ring is 1. The summed E-state index contributed by atoms with van der Waals surface area (Å²) in [6.07, 6.45) is 0. The molecule has 0 amide bonds. The molecule has 0 bridgehead atoms. The Balaban J connectivity index is 2.22. The molecule has 76 valence electrons. The van der Waals surface area contributed by atoms with Crippen molar-refractivity contribution in [1.82, 2.24) is 0 Å². The third kappa shape index (κ3) is 2.29. The standard InChI is InChI=1S/C13H13NO/c1-10-9-12(7-8-13(10)14)15-11-5-3-2-4-6-11/h2-9H,14H2,1H3. The number of aryl methyl sites for hydroxylation is 1. The van der Waals surface area contributed by atoms with Crippen LogP contribution in [0, 0.1) is 6.92 Å². The minimum atomic E-state index is 0.787. The van der Waals surface area contributed by atoms with Crippen LogP contribution in [0.3, 0.4) is 0 Å². The van der Waals surface area contributed by atoms with Crippen molar-refractivity contribution in [3.63, 3.8) is 0 Å². The molecule has 0 aliphatic carbocycles. The van der Waals surface area contributed by atoms with Gasteiger partial charge in [0.1, 0.15) is 11.5 Å². The van der Waals surface area contributed by atoms with E-state index in [1.165, 1.54) is 0 Å². The molecule has 0 saturated carbocycles. The van der Waals surface area contributed by atoms with Crippen LogP contribution in [0.15, 0.2) is 48.5 Å². The average molecular weight is 199 g/mol. The van der Waals surface area contributed by atoms with Gasteiger partial charge in [-0.3, -0.25) is 0 Å². The van der Waals surface area contributed by atoms with Crippen LogP contribution in [0.2, 0.25) is 0 Å². The zero-order valence-corrected chi connectivity index (χ0v) is 8.60. The first kappa shape index (κ1) is 9.59. The fourth-order valence-corrected chi connectivity index (χ4v) is 1.34. The van der Waals surface area contributed by atoms with Gasteiger partial charge in [0.25, 0.3) is 0 Å². The summed E-state index contributed by atoms with van der Waals surface area (Å²) >= 11 is 0. The Kier molecular flexibility index (Phi) is 2.59. The zero-order chi connectivity index (χ0) is 10.7. The molecule has 0 spiro atoms. The van der Waals surface area contributed by atoms with Gasteiger partial charge in [-0.05, 0) is 42.8 Å². The van der Waals surface area contributed by atoms with Crippen LogP contribution in [0.5, 0.6) is 11.5 Å².